The van der Waals surface area contributed by atoms with Crippen LogP contribution in [0.1, 0.15) is 18.7 Å². The van der Waals surface area contributed by atoms with Crippen LogP contribution in [0.25, 0.3) is 10.8 Å². The molecule has 1 atom stereocenters. The molecule has 2 heterocycles. The minimum absolute atomic E-state index is 0.558. The van der Waals surface area contributed by atoms with Crippen molar-refractivity contribution in [1.82, 2.24) is 4.98 Å². The van der Waals surface area contributed by atoms with E-state index in [0.717, 1.165) is 22.3 Å². The van der Waals surface area contributed by atoms with Gasteiger partial charge in [-0.1, -0.05) is 0 Å². The lowest BCUT2D eigenvalue weighted by Gasteiger charge is -2.19. The minimum atomic E-state index is -0.596. The summed E-state index contributed by atoms with van der Waals surface area (Å²) in [6.45, 7) is 2.84. The zero-order valence-electron chi connectivity index (χ0n) is 9.51. The van der Waals surface area contributed by atoms with Gasteiger partial charge in [-0.2, -0.15) is 0 Å². The molecule has 4 nitrogen and oxygen atoms in total. The van der Waals surface area contributed by atoms with Crippen molar-refractivity contribution in [3.8, 4) is 11.5 Å². The summed E-state index contributed by atoms with van der Waals surface area (Å²) in [7, 11) is 0. The van der Waals surface area contributed by atoms with Gasteiger partial charge in [0.25, 0.3) is 0 Å². The highest BCUT2D eigenvalue weighted by molar-refractivity contribution is 5.88. The molecule has 1 unspecified atom stereocenters. The van der Waals surface area contributed by atoms with Crippen molar-refractivity contribution in [2.24, 2.45) is 0 Å². The third-order valence-corrected chi connectivity index (χ3v) is 2.85. The summed E-state index contributed by atoms with van der Waals surface area (Å²) >= 11 is 0. The number of benzene rings is 1. The molecular formula is C13H13NO3. The van der Waals surface area contributed by atoms with E-state index in [2.05, 4.69) is 4.98 Å². The maximum Gasteiger partial charge on any atom is 0.162 e. The topological polar surface area (TPSA) is 51.6 Å². The van der Waals surface area contributed by atoms with Crippen molar-refractivity contribution in [2.45, 2.75) is 13.0 Å². The second-order valence-electron chi connectivity index (χ2n) is 4.09. The quantitative estimate of drug-likeness (QED) is 0.816. The van der Waals surface area contributed by atoms with Crippen LogP contribution < -0.4 is 9.47 Å². The predicted molar refractivity (Wildman–Crippen MR) is 63.4 cm³/mol. The molecule has 1 N–H and O–H groups in total. The molecule has 0 fully saturated rings. The number of nitrogens with zero attached hydrogens (tertiary/aromatic N) is 1. The van der Waals surface area contributed by atoms with Crippen molar-refractivity contribution in [2.75, 3.05) is 13.2 Å². The van der Waals surface area contributed by atoms with Gasteiger partial charge in [-0.25, -0.2) is 0 Å². The fourth-order valence-electron chi connectivity index (χ4n) is 2.06. The fourth-order valence-corrected chi connectivity index (χ4v) is 2.06. The molecule has 1 aromatic heterocycles. The number of aliphatic hydroxyl groups excluding tert-OH is 1. The van der Waals surface area contributed by atoms with Gasteiger partial charge in [-0.15, -0.1) is 0 Å². The van der Waals surface area contributed by atoms with E-state index in [-0.39, 0.29) is 0 Å². The summed E-state index contributed by atoms with van der Waals surface area (Å²) in [4.78, 5) is 4.21. The Morgan fingerprint density at radius 3 is 2.65 bits per heavy atom. The van der Waals surface area contributed by atoms with Crippen LogP contribution in [-0.4, -0.2) is 23.3 Å². The zero-order valence-corrected chi connectivity index (χ0v) is 9.51. The number of rotatable bonds is 1. The summed E-state index contributed by atoms with van der Waals surface area (Å²) in [5.41, 5.74) is 0.666. The molecule has 0 saturated heterocycles. The van der Waals surface area contributed by atoms with E-state index >= 15 is 0 Å². The van der Waals surface area contributed by atoms with Gasteiger partial charge in [0.05, 0.1) is 11.8 Å². The summed E-state index contributed by atoms with van der Waals surface area (Å²) in [5, 5.41) is 11.6. The van der Waals surface area contributed by atoms with Gasteiger partial charge in [0.15, 0.2) is 11.5 Å². The molecule has 1 aliphatic rings. The number of aliphatic hydroxyl groups is 1. The molecule has 3 rings (SSSR count). The van der Waals surface area contributed by atoms with Gasteiger partial charge >= 0.3 is 0 Å². The van der Waals surface area contributed by atoms with E-state index in [1.807, 2.05) is 18.2 Å². The molecular weight excluding hydrogens is 218 g/mol. The van der Waals surface area contributed by atoms with Gasteiger partial charge < -0.3 is 14.6 Å². The third kappa shape index (κ3) is 1.70. The Bertz CT molecular complexity index is 566. The van der Waals surface area contributed by atoms with E-state index in [1.165, 1.54) is 0 Å². The molecule has 1 aromatic carbocycles. The molecule has 0 aliphatic carbocycles. The van der Waals surface area contributed by atoms with Crippen LogP contribution in [-0.2, 0) is 0 Å². The van der Waals surface area contributed by atoms with Crippen LogP contribution in [0.2, 0.25) is 0 Å². The summed E-state index contributed by atoms with van der Waals surface area (Å²) in [5.74, 6) is 1.48. The van der Waals surface area contributed by atoms with Crippen LogP contribution >= 0.6 is 0 Å². The van der Waals surface area contributed by atoms with Crippen molar-refractivity contribution in [1.29, 1.82) is 0 Å². The van der Waals surface area contributed by atoms with E-state index in [9.17, 15) is 5.11 Å². The molecule has 0 bridgehead atoms. The molecule has 4 heteroatoms. The largest absolute Gasteiger partial charge is 0.486 e. The fraction of sp³-hybridized carbons (Fsp3) is 0.308. The molecule has 0 spiro atoms. The van der Waals surface area contributed by atoms with Crippen molar-refractivity contribution in [3.05, 3.63) is 30.1 Å². The number of aromatic nitrogens is 1. The van der Waals surface area contributed by atoms with Crippen LogP contribution in [0.4, 0.5) is 0 Å². The van der Waals surface area contributed by atoms with Crippen molar-refractivity contribution >= 4 is 10.8 Å². The Hall–Kier alpha value is -1.81. The average Bonchev–Trinajstić information content (AvgIpc) is 2.35. The van der Waals surface area contributed by atoms with Gasteiger partial charge in [0, 0.05) is 11.6 Å². The standard InChI is InChI=1S/C13H13NO3/c1-8(15)13-10-7-12-11(16-4-5-17-12)6-9(10)2-3-14-13/h2-3,6-8,15H,4-5H2,1H3. The molecule has 0 saturated carbocycles. The van der Waals surface area contributed by atoms with Crippen LogP contribution in [0.3, 0.4) is 0 Å². The highest BCUT2D eigenvalue weighted by Gasteiger charge is 2.15. The number of hydrogen-bond acceptors (Lipinski definition) is 4. The number of hydrogen-bond donors (Lipinski definition) is 1. The minimum Gasteiger partial charge on any atom is -0.486 e. The second kappa shape index (κ2) is 3.89. The highest BCUT2D eigenvalue weighted by Crippen LogP contribution is 2.36. The van der Waals surface area contributed by atoms with E-state index in [0.29, 0.717) is 18.9 Å². The van der Waals surface area contributed by atoms with Crippen LogP contribution in [0.5, 0.6) is 11.5 Å². The molecule has 0 radical (unpaired) electrons. The second-order valence-corrected chi connectivity index (χ2v) is 4.09. The average molecular weight is 231 g/mol. The SMILES string of the molecule is CC(O)c1nccc2cc3c(cc12)OCCO3. The normalized spacial score (nSPS) is 15.9. The number of pyridine rings is 1. The first-order valence-electron chi connectivity index (χ1n) is 5.62. The smallest absolute Gasteiger partial charge is 0.162 e. The van der Waals surface area contributed by atoms with Crippen molar-refractivity contribution < 1.29 is 14.6 Å². The molecule has 17 heavy (non-hydrogen) atoms. The third-order valence-electron chi connectivity index (χ3n) is 2.85. The molecule has 0 amide bonds. The maximum absolute atomic E-state index is 9.69. The van der Waals surface area contributed by atoms with Gasteiger partial charge in [-0.05, 0) is 30.5 Å². The Kier molecular flexibility index (Phi) is 2.37. The first kappa shape index (κ1) is 10.4. The monoisotopic (exact) mass is 231 g/mol. The first-order valence-corrected chi connectivity index (χ1v) is 5.62. The lowest BCUT2D eigenvalue weighted by molar-refractivity contribution is 0.172. The Labute approximate surface area is 98.8 Å². The van der Waals surface area contributed by atoms with Gasteiger partial charge in [0.1, 0.15) is 13.2 Å². The highest BCUT2D eigenvalue weighted by atomic mass is 16.6. The Balaban J connectivity index is 2.26. The number of ether oxygens (including phenoxy) is 2. The number of fused-ring (bicyclic) bond motifs is 2. The van der Waals surface area contributed by atoms with Crippen LogP contribution in [0.15, 0.2) is 24.4 Å². The molecule has 2 aromatic rings. The first-order chi connectivity index (χ1) is 8.25. The van der Waals surface area contributed by atoms with E-state index in [1.54, 1.807) is 13.1 Å². The lowest BCUT2D eigenvalue weighted by Crippen LogP contribution is -2.15. The summed E-state index contributed by atoms with van der Waals surface area (Å²) < 4.78 is 11.1. The van der Waals surface area contributed by atoms with Gasteiger partial charge in [-0.3, -0.25) is 4.98 Å². The van der Waals surface area contributed by atoms with Crippen molar-refractivity contribution in [3.63, 3.8) is 0 Å². The summed E-state index contributed by atoms with van der Waals surface area (Å²) in [6.07, 6.45) is 1.10. The molecule has 1 aliphatic heterocycles. The van der Waals surface area contributed by atoms with Gasteiger partial charge in [0.2, 0.25) is 0 Å². The molecule has 88 valence electrons. The van der Waals surface area contributed by atoms with Crippen LogP contribution in [0, 0.1) is 0 Å². The Morgan fingerprint density at radius 2 is 1.94 bits per heavy atom. The maximum atomic E-state index is 9.69. The van der Waals surface area contributed by atoms with E-state index in [4.69, 9.17) is 9.47 Å². The lowest BCUT2D eigenvalue weighted by atomic mass is 10.1. The zero-order chi connectivity index (χ0) is 11.8. The summed E-state index contributed by atoms with van der Waals surface area (Å²) in [6, 6.07) is 5.72. The Morgan fingerprint density at radius 1 is 1.24 bits per heavy atom. The predicted octanol–water partition coefficient (Wildman–Crippen LogP) is 2.06. The van der Waals surface area contributed by atoms with E-state index < -0.39 is 6.10 Å².